The second kappa shape index (κ2) is 14.9. The van der Waals surface area contributed by atoms with E-state index in [1.54, 1.807) is 0 Å². The molecule has 3 atom stereocenters. The van der Waals surface area contributed by atoms with Crippen LogP contribution in [0.1, 0.15) is 108 Å². The van der Waals surface area contributed by atoms with Gasteiger partial charge in [0.05, 0.1) is 42.1 Å². The molecule has 0 fully saturated rings. The standard InChI is InChI=1S/C44H56N4O3P/c1-30(2)48(31(3)4)52(50-27-13-22-45)49-26-10-6-9-21-44(5)38-19-18-32-14-7-8-16-35(32)41(38)47-25-20-39-37(43(44)47)29-34-28-33-15-11-23-46-24-12-17-36(40(33)46)42(34)51-39/h7-8,14,16,18-19,28-31,39H,6,9-13,15,17,20-21,23-27H2,1-5H3/q+1. The second-order valence-electron chi connectivity index (χ2n) is 16.2. The van der Waals surface area contributed by atoms with Crippen LogP contribution in [0.15, 0.2) is 48.0 Å². The molecule has 52 heavy (non-hydrogen) atoms. The molecule has 5 aliphatic heterocycles. The molecule has 5 aliphatic rings. The topological polar surface area (TPSA) is 61.0 Å². The molecule has 3 unspecified atom stereocenters. The van der Waals surface area contributed by atoms with Crippen LogP contribution < -0.4 is 9.64 Å². The van der Waals surface area contributed by atoms with E-state index >= 15 is 0 Å². The van der Waals surface area contributed by atoms with Crippen LogP contribution >= 0.6 is 8.53 Å². The molecule has 5 heterocycles. The fourth-order valence-electron chi connectivity index (χ4n) is 9.94. The van der Waals surface area contributed by atoms with E-state index in [2.05, 4.69) is 103 Å². The van der Waals surface area contributed by atoms with Crippen molar-refractivity contribution in [2.24, 2.45) is 0 Å². The first-order valence-electron chi connectivity index (χ1n) is 20.0. The summed E-state index contributed by atoms with van der Waals surface area (Å²) in [5.74, 6) is 1.17. The van der Waals surface area contributed by atoms with Crippen LogP contribution in [-0.4, -0.2) is 66.0 Å². The first-order chi connectivity index (χ1) is 25.3. The fraction of sp³-hybridized carbons (Fsp3) is 0.545. The lowest BCUT2D eigenvalue weighted by molar-refractivity contribution is -0.442. The van der Waals surface area contributed by atoms with Crippen molar-refractivity contribution < 1.29 is 18.4 Å². The van der Waals surface area contributed by atoms with E-state index in [0.29, 0.717) is 31.7 Å². The average Bonchev–Trinajstić information content (AvgIpc) is 3.40. The van der Waals surface area contributed by atoms with Gasteiger partial charge in [-0.1, -0.05) is 43.2 Å². The summed E-state index contributed by atoms with van der Waals surface area (Å²) in [5, 5.41) is 11.8. The Kier molecular flexibility index (Phi) is 10.2. The van der Waals surface area contributed by atoms with Crippen LogP contribution in [0.2, 0.25) is 0 Å². The number of fused-ring (bicyclic) bond motifs is 8. The predicted octanol–water partition coefficient (Wildman–Crippen LogP) is 10.00. The highest BCUT2D eigenvalue weighted by Gasteiger charge is 2.55. The van der Waals surface area contributed by atoms with Crippen LogP contribution in [0.4, 0.5) is 11.4 Å². The van der Waals surface area contributed by atoms with Gasteiger partial charge in [-0.05, 0) is 102 Å². The highest BCUT2D eigenvalue weighted by molar-refractivity contribution is 7.44. The van der Waals surface area contributed by atoms with Gasteiger partial charge in [0.1, 0.15) is 11.9 Å². The second-order valence-corrected chi connectivity index (χ2v) is 17.6. The van der Waals surface area contributed by atoms with E-state index in [0.717, 1.165) is 45.1 Å². The molecule has 8 heteroatoms. The maximum absolute atomic E-state index is 9.09. The Bertz CT molecular complexity index is 1940. The average molecular weight is 720 g/mol. The Morgan fingerprint density at radius 2 is 1.81 bits per heavy atom. The third-order valence-electron chi connectivity index (χ3n) is 12.1. The van der Waals surface area contributed by atoms with Crippen molar-refractivity contribution in [3.05, 3.63) is 70.3 Å². The number of benzene rings is 3. The van der Waals surface area contributed by atoms with E-state index in [1.165, 1.54) is 93.8 Å². The van der Waals surface area contributed by atoms with Crippen molar-refractivity contribution in [2.75, 3.05) is 37.7 Å². The fourth-order valence-corrected chi connectivity index (χ4v) is 11.6. The van der Waals surface area contributed by atoms with E-state index in [9.17, 15) is 0 Å². The predicted molar refractivity (Wildman–Crippen MR) is 213 cm³/mol. The molecule has 0 bridgehead atoms. The van der Waals surface area contributed by atoms with E-state index in [1.807, 2.05) is 0 Å². The number of aryl methyl sites for hydroxylation is 1. The molecule has 0 N–H and O–H groups in total. The molecular weight excluding hydrogens is 663 g/mol. The summed E-state index contributed by atoms with van der Waals surface area (Å²) in [4.78, 5) is 2.63. The summed E-state index contributed by atoms with van der Waals surface area (Å²) >= 11 is 0. The lowest BCUT2D eigenvalue weighted by atomic mass is 9.71. The molecule has 0 saturated carbocycles. The summed E-state index contributed by atoms with van der Waals surface area (Å²) in [5.41, 5.74) is 11.4. The first kappa shape index (κ1) is 35.7. The summed E-state index contributed by atoms with van der Waals surface area (Å²) in [6, 6.07) is 19.0. The van der Waals surface area contributed by atoms with Gasteiger partial charge in [-0.2, -0.15) is 9.84 Å². The normalized spacial score (nSPS) is 22.1. The van der Waals surface area contributed by atoms with E-state index < -0.39 is 8.53 Å². The largest absolute Gasteiger partial charge is 0.484 e. The molecule has 3 aromatic carbocycles. The van der Waals surface area contributed by atoms with E-state index in [4.69, 9.17) is 19.0 Å². The number of rotatable bonds is 13. The molecule has 8 rings (SSSR count). The molecule has 274 valence electrons. The van der Waals surface area contributed by atoms with Gasteiger partial charge in [0.2, 0.25) is 5.69 Å². The SMILES string of the molecule is CC(C)N(C(C)C)P(OCCC#N)OCCCCCC1(C)C2=[N+](CCC3Oc4c(cc5c6c4CCCN6CCC5)C=C23)c2c1ccc1ccccc21. The lowest BCUT2D eigenvalue weighted by Crippen LogP contribution is -2.44. The van der Waals surface area contributed by atoms with Gasteiger partial charge in [-0.15, -0.1) is 0 Å². The van der Waals surface area contributed by atoms with Gasteiger partial charge in [0.25, 0.3) is 8.53 Å². The Morgan fingerprint density at radius 3 is 2.62 bits per heavy atom. The monoisotopic (exact) mass is 719 g/mol. The molecule has 0 aliphatic carbocycles. The maximum Gasteiger partial charge on any atom is 0.259 e. The van der Waals surface area contributed by atoms with Gasteiger partial charge in [-0.25, -0.2) is 4.67 Å². The van der Waals surface area contributed by atoms with Crippen LogP contribution in [0.25, 0.3) is 16.8 Å². The molecule has 7 nitrogen and oxygen atoms in total. The third-order valence-corrected chi connectivity index (χ3v) is 14.2. The van der Waals surface area contributed by atoms with Gasteiger partial charge in [-0.3, -0.25) is 0 Å². The highest BCUT2D eigenvalue weighted by Crippen LogP contribution is 2.53. The van der Waals surface area contributed by atoms with Gasteiger partial charge in [0.15, 0.2) is 12.3 Å². The minimum Gasteiger partial charge on any atom is -0.484 e. The van der Waals surface area contributed by atoms with Gasteiger partial charge < -0.3 is 18.7 Å². The number of nitriles is 1. The number of nitrogens with zero attached hydrogens (tertiary/aromatic N) is 4. The molecule has 0 amide bonds. The summed E-state index contributed by atoms with van der Waals surface area (Å²) in [6.45, 7) is 15.7. The number of anilines is 1. The Morgan fingerprint density at radius 1 is 1.02 bits per heavy atom. The molecule has 3 aromatic rings. The summed E-state index contributed by atoms with van der Waals surface area (Å²) in [7, 11) is -1.21. The Balaban J connectivity index is 1.07. The third kappa shape index (κ3) is 6.28. The minimum absolute atomic E-state index is 0.0884. The van der Waals surface area contributed by atoms with Gasteiger partial charge >= 0.3 is 0 Å². The Hall–Kier alpha value is -3.27. The molecular formula is C44H56N4O3P+. The quantitative estimate of drug-likeness (QED) is 0.0996. The molecule has 0 radical (unpaired) electrons. The zero-order chi connectivity index (χ0) is 36.0. The summed E-state index contributed by atoms with van der Waals surface area (Å²) in [6.07, 6.45) is 13.0. The number of hydrogen-bond acceptors (Lipinski definition) is 6. The highest BCUT2D eigenvalue weighted by atomic mass is 31.2. The van der Waals surface area contributed by atoms with Crippen LogP contribution in [0, 0.1) is 11.3 Å². The van der Waals surface area contributed by atoms with E-state index in [-0.39, 0.29) is 11.5 Å². The summed E-state index contributed by atoms with van der Waals surface area (Å²) < 4.78 is 24.8. The number of ether oxygens (including phenoxy) is 1. The van der Waals surface area contributed by atoms with Crippen molar-refractivity contribution in [1.82, 2.24) is 4.67 Å². The Labute approximate surface area is 312 Å². The zero-order valence-corrected chi connectivity index (χ0v) is 32.8. The molecule has 0 saturated heterocycles. The van der Waals surface area contributed by atoms with Crippen LogP contribution in [-0.2, 0) is 27.3 Å². The van der Waals surface area contributed by atoms with Crippen LogP contribution in [0.3, 0.4) is 0 Å². The van der Waals surface area contributed by atoms with Crippen molar-refractivity contribution in [3.63, 3.8) is 0 Å². The van der Waals surface area contributed by atoms with Crippen molar-refractivity contribution in [2.45, 2.75) is 122 Å². The number of unbranched alkanes of at least 4 members (excludes halogenated alkanes) is 2. The smallest absolute Gasteiger partial charge is 0.259 e. The zero-order valence-electron chi connectivity index (χ0n) is 31.9. The minimum atomic E-state index is -1.21. The van der Waals surface area contributed by atoms with Crippen LogP contribution in [0.5, 0.6) is 5.75 Å². The molecule has 0 aromatic heterocycles. The van der Waals surface area contributed by atoms with Crippen molar-refractivity contribution in [3.8, 4) is 11.8 Å². The van der Waals surface area contributed by atoms with Crippen molar-refractivity contribution in [1.29, 1.82) is 5.26 Å². The first-order valence-corrected chi connectivity index (χ1v) is 21.1. The van der Waals surface area contributed by atoms with Crippen molar-refractivity contribution >= 4 is 42.5 Å². The maximum atomic E-state index is 9.09. The molecule has 0 spiro atoms. The van der Waals surface area contributed by atoms with Gasteiger partial charge in [0, 0.05) is 54.0 Å². The lowest BCUT2D eigenvalue weighted by Gasteiger charge is -2.40. The number of hydrogen-bond donors (Lipinski definition) is 0.